The van der Waals surface area contributed by atoms with Crippen LogP contribution < -0.4 is 0 Å². The second-order valence-electron chi connectivity index (χ2n) is 4.37. The van der Waals surface area contributed by atoms with E-state index in [0.29, 0.717) is 0 Å². The maximum atomic E-state index is 2.39. The second kappa shape index (κ2) is 3.53. The van der Waals surface area contributed by atoms with Gasteiger partial charge in [-0.25, -0.2) is 0 Å². The molecule has 0 amide bonds. The summed E-state index contributed by atoms with van der Waals surface area (Å²) in [5.74, 6) is 1.72. The minimum atomic E-state index is 0.834. The summed E-state index contributed by atoms with van der Waals surface area (Å²) in [6.45, 7) is 4.63. The number of benzene rings is 1. The molecule has 1 aromatic carbocycles. The molecule has 0 nitrogen and oxygen atoms in total. The van der Waals surface area contributed by atoms with Crippen molar-refractivity contribution in [2.75, 3.05) is 0 Å². The Balaban J connectivity index is 2.29. The van der Waals surface area contributed by atoms with Crippen LogP contribution in [0.5, 0.6) is 0 Å². The highest BCUT2D eigenvalue weighted by Crippen LogP contribution is 2.40. The summed E-state index contributed by atoms with van der Waals surface area (Å²) in [6, 6.07) is 8.86. The highest BCUT2D eigenvalue weighted by molar-refractivity contribution is 5.30. The normalized spacial score (nSPS) is 27.8. The molecule has 1 aliphatic rings. The standard InChI is InChI=1S/C13H18/c1-10-6-3-4-8-12(10)13-9-5-7-11(13)2/h3-4,6,8,11,13H,5,7,9H2,1-2H3/t11-,13-/m0/s1. The maximum absolute atomic E-state index is 2.39. The predicted octanol–water partition coefficient (Wildman–Crippen LogP) is 3.90. The van der Waals surface area contributed by atoms with Gasteiger partial charge in [0, 0.05) is 0 Å². The highest BCUT2D eigenvalue weighted by Gasteiger charge is 2.25. The predicted molar refractivity (Wildman–Crippen MR) is 56.9 cm³/mol. The van der Waals surface area contributed by atoms with E-state index in [1.54, 1.807) is 5.56 Å². The number of hydrogen-bond donors (Lipinski definition) is 0. The summed E-state index contributed by atoms with van der Waals surface area (Å²) in [4.78, 5) is 0. The van der Waals surface area contributed by atoms with Gasteiger partial charge in [0.05, 0.1) is 0 Å². The van der Waals surface area contributed by atoms with Gasteiger partial charge in [0.25, 0.3) is 0 Å². The van der Waals surface area contributed by atoms with Gasteiger partial charge in [-0.1, -0.05) is 44.0 Å². The SMILES string of the molecule is Cc1ccccc1[C@H]1CCC[C@@H]1C. The summed E-state index contributed by atoms with van der Waals surface area (Å²) in [5, 5.41) is 0. The van der Waals surface area contributed by atoms with E-state index in [4.69, 9.17) is 0 Å². The number of hydrogen-bond acceptors (Lipinski definition) is 0. The molecule has 0 heterocycles. The van der Waals surface area contributed by atoms with Crippen LogP contribution in [0, 0.1) is 12.8 Å². The third-order valence-corrected chi connectivity index (χ3v) is 3.45. The molecule has 2 atom stereocenters. The summed E-state index contributed by atoms with van der Waals surface area (Å²) in [5.41, 5.74) is 3.06. The molecule has 1 saturated carbocycles. The van der Waals surface area contributed by atoms with Crippen LogP contribution in [0.15, 0.2) is 24.3 Å². The van der Waals surface area contributed by atoms with Gasteiger partial charge in [0.15, 0.2) is 0 Å². The number of rotatable bonds is 1. The Hall–Kier alpha value is -0.780. The van der Waals surface area contributed by atoms with Crippen molar-refractivity contribution in [1.82, 2.24) is 0 Å². The first-order valence-electron chi connectivity index (χ1n) is 5.34. The van der Waals surface area contributed by atoms with Crippen molar-refractivity contribution in [3.8, 4) is 0 Å². The summed E-state index contributed by atoms with van der Waals surface area (Å²) in [6.07, 6.45) is 4.23. The molecule has 13 heavy (non-hydrogen) atoms. The van der Waals surface area contributed by atoms with E-state index in [1.165, 1.54) is 24.8 Å². The molecule has 2 rings (SSSR count). The zero-order valence-electron chi connectivity index (χ0n) is 8.59. The van der Waals surface area contributed by atoms with Crippen LogP contribution in [0.1, 0.15) is 43.2 Å². The van der Waals surface area contributed by atoms with Crippen LogP contribution in [0.4, 0.5) is 0 Å². The minimum Gasteiger partial charge on any atom is -0.0620 e. The molecule has 70 valence electrons. The van der Waals surface area contributed by atoms with E-state index in [9.17, 15) is 0 Å². The van der Waals surface area contributed by atoms with E-state index >= 15 is 0 Å². The first-order valence-corrected chi connectivity index (χ1v) is 5.34. The molecule has 0 unspecified atom stereocenters. The smallest absolute Gasteiger partial charge is 0.0134 e. The fourth-order valence-electron chi connectivity index (χ4n) is 2.61. The second-order valence-corrected chi connectivity index (χ2v) is 4.37. The van der Waals surface area contributed by atoms with Gasteiger partial charge < -0.3 is 0 Å². The molecule has 0 saturated heterocycles. The highest BCUT2D eigenvalue weighted by atomic mass is 14.3. The average molecular weight is 174 g/mol. The minimum absolute atomic E-state index is 0.834. The third-order valence-electron chi connectivity index (χ3n) is 3.45. The van der Waals surface area contributed by atoms with Crippen LogP contribution in [0.25, 0.3) is 0 Å². The largest absolute Gasteiger partial charge is 0.0620 e. The van der Waals surface area contributed by atoms with Crippen molar-refractivity contribution in [3.05, 3.63) is 35.4 Å². The molecule has 0 radical (unpaired) electrons. The first kappa shape index (κ1) is 8.80. The van der Waals surface area contributed by atoms with E-state index < -0.39 is 0 Å². The van der Waals surface area contributed by atoms with Gasteiger partial charge in [-0.2, -0.15) is 0 Å². The van der Waals surface area contributed by atoms with Crippen molar-refractivity contribution in [2.45, 2.75) is 39.0 Å². The summed E-state index contributed by atoms with van der Waals surface area (Å²) >= 11 is 0. The van der Waals surface area contributed by atoms with Crippen LogP contribution in [0.3, 0.4) is 0 Å². The lowest BCUT2D eigenvalue weighted by Gasteiger charge is -2.17. The van der Waals surface area contributed by atoms with Crippen LogP contribution in [0.2, 0.25) is 0 Å². The fraction of sp³-hybridized carbons (Fsp3) is 0.538. The first-order chi connectivity index (χ1) is 6.29. The van der Waals surface area contributed by atoms with E-state index in [2.05, 4.69) is 38.1 Å². The van der Waals surface area contributed by atoms with Crippen LogP contribution in [-0.4, -0.2) is 0 Å². The molecule has 0 aliphatic heterocycles. The number of aryl methyl sites for hydroxylation is 1. The third kappa shape index (κ3) is 1.63. The molecule has 1 aromatic rings. The maximum Gasteiger partial charge on any atom is -0.0134 e. The average Bonchev–Trinajstić information content (AvgIpc) is 2.52. The Morgan fingerprint density at radius 3 is 2.54 bits per heavy atom. The van der Waals surface area contributed by atoms with Gasteiger partial charge >= 0.3 is 0 Å². The molecule has 1 aliphatic carbocycles. The lowest BCUT2D eigenvalue weighted by atomic mass is 9.88. The molecule has 0 heteroatoms. The Bertz CT molecular complexity index is 288. The Morgan fingerprint density at radius 1 is 1.15 bits per heavy atom. The Kier molecular flexibility index (Phi) is 2.39. The van der Waals surface area contributed by atoms with Gasteiger partial charge in [0.2, 0.25) is 0 Å². The lowest BCUT2D eigenvalue weighted by molar-refractivity contribution is 0.531. The molecular formula is C13H18. The van der Waals surface area contributed by atoms with Crippen molar-refractivity contribution in [3.63, 3.8) is 0 Å². The lowest BCUT2D eigenvalue weighted by Crippen LogP contribution is -2.03. The molecule has 0 N–H and O–H groups in total. The van der Waals surface area contributed by atoms with E-state index in [-0.39, 0.29) is 0 Å². The summed E-state index contributed by atoms with van der Waals surface area (Å²) < 4.78 is 0. The Labute approximate surface area is 81.0 Å². The van der Waals surface area contributed by atoms with Gasteiger partial charge in [-0.05, 0) is 36.3 Å². The topological polar surface area (TPSA) is 0 Å². The zero-order valence-corrected chi connectivity index (χ0v) is 8.59. The van der Waals surface area contributed by atoms with Gasteiger partial charge in [-0.3, -0.25) is 0 Å². The van der Waals surface area contributed by atoms with Gasteiger partial charge in [-0.15, -0.1) is 0 Å². The van der Waals surface area contributed by atoms with Gasteiger partial charge in [0.1, 0.15) is 0 Å². The van der Waals surface area contributed by atoms with Crippen molar-refractivity contribution in [2.24, 2.45) is 5.92 Å². The molecule has 1 fully saturated rings. The molecule has 0 spiro atoms. The van der Waals surface area contributed by atoms with Crippen molar-refractivity contribution < 1.29 is 0 Å². The fourth-order valence-corrected chi connectivity index (χ4v) is 2.61. The van der Waals surface area contributed by atoms with Crippen LogP contribution in [-0.2, 0) is 0 Å². The monoisotopic (exact) mass is 174 g/mol. The molecule has 0 aromatic heterocycles. The van der Waals surface area contributed by atoms with E-state index in [0.717, 1.165) is 11.8 Å². The molecule has 0 bridgehead atoms. The quantitative estimate of drug-likeness (QED) is 0.605. The van der Waals surface area contributed by atoms with Crippen LogP contribution >= 0.6 is 0 Å². The zero-order chi connectivity index (χ0) is 9.26. The molecular weight excluding hydrogens is 156 g/mol. The Morgan fingerprint density at radius 2 is 1.92 bits per heavy atom. The summed E-state index contributed by atoms with van der Waals surface area (Å²) in [7, 11) is 0. The van der Waals surface area contributed by atoms with Crippen molar-refractivity contribution in [1.29, 1.82) is 0 Å². The van der Waals surface area contributed by atoms with E-state index in [1.807, 2.05) is 0 Å². The van der Waals surface area contributed by atoms with Crippen molar-refractivity contribution >= 4 is 0 Å².